The van der Waals surface area contributed by atoms with E-state index in [1.165, 1.54) is 11.8 Å². The van der Waals surface area contributed by atoms with Gasteiger partial charge in [-0.3, -0.25) is 24.6 Å². The lowest BCUT2D eigenvalue weighted by Gasteiger charge is -2.27. The number of likely N-dealkylation sites (tertiary alicyclic amines) is 1. The molecule has 2 aliphatic heterocycles. The first-order valence-electron chi connectivity index (χ1n) is 8.74. The predicted molar refractivity (Wildman–Crippen MR) is 91.7 cm³/mol. The van der Waals surface area contributed by atoms with Gasteiger partial charge in [-0.1, -0.05) is 37.6 Å². The lowest BCUT2D eigenvalue weighted by molar-refractivity contribution is -0.150. The first kappa shape index (κ1) is 17.6. The summed E-state index contributed by atoms with van der Waals surface area (Å²) in [5.74, 6) is -3.27. The summed E-state index contributed by atoms with van der Waals surface area (Å²) < 4.78 is 0. The van der Waals surface area contributed by atoms with Crippen LogP contribution in [0.15, 0.2) is 24.3 Å². The number of rotatable bonds is 5. The van der Waals surface area contributed by atoms with E-state index < -0.39 is 29.4 Å². The zero-order valence-corrected chi connectivity index (χ0v) is 14.8. The molecule has 2 amide bonds. The molecule has 134 valence electrons. The van der Waals surface area contributed by atoms with Crippen molar-refractivity contribution in [2.75, 3.05) is 6.54 Å². The van der Waals surface area contributed by atoms with Gasteiger partial charge in [-0.05, 0) is 31.4 Å². The molecule has 0 aliphatic carbocycles. The number of aryl methyl sites for hydroxylation is 1. The van der Waals surface area contributed by atoms with E-state index in [0.717, 1.165) is 24.0 Å². The fraction of sp³-hybridized carbons (Fsp3) is 0.526. The van der Waals surface area contributed by atoms with Gasteiger partial charge in [0.25, 0.3) is 0 Å². The van der Waals surface area contributed by atoms with Gasteiger partial charge in [-0.2, -0.15) is 0 Å². The molecule has 3 rings (SSSR count). The predicted octanol–water partition coefficient (Wildman–Crippen LogP) is 1.88. The van der Waals surface area contributed by atoms with Crippen molar-refractivity contribution in [2.24, 2.45) is 11.8 Å². The smallest absolute Gasteiger partial charge is 0.324 e. The normalized spacial score (nSPS) is 31.5. The number of hydrogen-bond acceptors (Lipinski definition) is 4. The van der Waals surface area contributed by atoms with Gasteiger partial charge >= 0.3 is 5.97 Å². The molecule has 1 aromatic rings. The number of amides is 2. The summed E-state index contributed by atoms with van der Waals surface area (Å²) in [6.45, 7) is 5.79. The highest BCUT2D eigenvalue weighted by Crippen LogP contribution is 2.49. The number of carbonyl (C=O) groups is 3. The Bertz CT molecular complexity index is 732. The van der Waals surface area contributed by atoms with Crippen LogP contribution in [0.2, 0.25) is 0 Å². The Kier molecular flexibility index (Phi) is 4.41. The number of carboxylic acids is 1. The van der Waals surface area contributed by atoms with Crippen LogP contribution < -0.4 is 5.32 Å². The Morgan fingerprint density at radius 1 is 1.28 bits per heavy atom. The molecule has 2 heterocycles. The highest BCUT2D eigenvalue weighted by molar-refractivity contribution is 6.09. The quantitative estimate of drug-likeness (QED) is 0.797. The van der Waals surface area contributed by atoms with E-state index in [1.807, 2.05) is 38.1 Å². The first-order chi connectivity index (χ1) is 11.8. The van der Waals surface area contributed by atoms with Crippen LogP contribution in [0.5, 0.6) is 0 Å². The van der Waals surface area contributed by atoms with Crippen molar-refractivity contribution < 1.29 is 19.5 Å². The number of imide groups is 1. The first-order valence-corrected chi connectivity index (χ1v) is 8.74. The van der Waals surface area contributed by atoms with Crippen LogP contribution in [0, 0.1) is 18.8 Å². The van der Waals surface area contributed by atoms with E-state index in [0.29, 0.717) is 6.54 Å². The molecule has 1 aromatic carbocycles. The Morgan fingerprint density at radius 3 is 2.56 bits per heavy atom. The van der Waals surface area contributed by atoms with Crippen LogP contribution in [0.1, 0.15) is 43.9 Å². The van der Waals surface area contributed by atoms with E-state index in [1.54, 1.807) is 0 Å². The topological polar surface area (TPSA) is 86.7 Å². The molecule has 0 bridgehead atoms. The Hall–Kier alpha value is -2.21. The number of unbranched alkanes of at least 4 members (excludes halogenated alkanes) is 1. The summed E-state index contributed by atoms with van der Waals surface area (Å²) in [6, 6.07) is 7.11. The number of carboxylic acid groups (broad SMARTS) is 1. The fourth-order valence-corrected chi connectivity index (χ4v) is 4.13. The Morgan fingerprint density at radius 2 is 1.96 bits per heavy atom. The van der Waals surface area contributed by atoms with Crippen LogP contribution in [0.3, 0.4) is 0 Å². The van der Waals surface area contributed by atoms with Gasteiger partial charge < -0.3 is 5.11 Å². The Labute approximate surface area is 147 Å². The molecule has 0 saturated carbocycles. The fourth-order valence-electron chi connectivity index (χ4n) is 4.13. The van der Waals surface area contributed by atoms with E-state index in [2.05, 4.69) is 5.32 Å². The van der Waals surface area contributed by atoms with Crippen LogP contribution in [-0.4, -0.2) is 39.9 Å². The number of benzene rings is 1. The van der Waals surface area contributed by atoms with Gasteiger partial charge in [0.2, 0.25) is 11.8 Å². The van der Waals surface area contributed by atoms with E-state index in [-0.39, 0.29) is 11.8 Å². The lowest BCUT2D eigenvalue weighted by atomic mass is 9.80. The highest BCUT2D eigenvalue weighted by atomic mass is 16.4. The molecular formula is C19H24N2O4. The van der Waals surface area contributed by atoms with Crippen molar-refractivity contribution in [3.05, 3.63) is 35.4 Å². The largest absolute Gasteiger partial charge is 0.480 e. The third-order valence-corrected chi connectivity index (χ3v) is 5.58. The molecule has 0 spiro atoms. The molecule has 2 N–H and O–H groups in total. The third kappa shape index (κ3) is 2.56. The number of fused-ring (bicyclic) bond motifs is 1. The maximum Gasteiger partial charge on any atom is 0.324 e. The zero-order chi connectivity index (χ0) is 18.4. The van der Waals surface area contributed by atoms with Gasteiger partial charge in [0, 0.05) is 12.6 Å². The molecule has 4 unspecified atom stereocenters. The number of aliphatic carboxylic acids is 1. The number of nitrogens with zero attached hydrogens (tertiary/aromatic N) is 1. The minimum atomic E-state index is -1.45. The van der Waals surface area contributed by atoms with Crippen LogP contribution >= 0.6 is 0 Å². The molecular weight excluding hydrogens is 320 g/mol. The monoisotopic (exact) mass is 344 g/mol. The molecule has 6 heteroatoms. The van der Waals surface area contributed by atoms with Crippen molar-refractivity contribution in [2.45, 2.75) is 45.2 Å². The molecule has 2 saturated heterocycles. The molecule has 25 heavy (non-hydrogen) atoms. The molecule has 4 atom stereocenters. The number of hydrogen-bond donors (Lipinski definition) is 2. The second-order valence-corrected chi connectivity index (χ2v) is 7.17. The van der Waals surface area contributed by atoms with Crippen molar-refractivity contribution >= 4 is 17.8 Å². The maximum absolute atomic E-state index is 13.0. The van der Waals surface area contributed by atoms with Crippen molar-refractivity contribution in [1.82, 2.24) is 10.2 Å². The lowest BCUT2D eigenvalue weighted by Crippen LogP contribution is -2.53. The molecule has 2 fully saturated rings. The number of carbonyl (C=O) groups excluding carboxylic acids is 2. The average molecular weight is 344 g/mol. The van der Waals surface area contributed by atoms with Crippen LogP contribution in [0.25, 0.3) is 0 Å². The minimum absolute atomic E-state index is 0.255. The summed E-state index contributed by atoms with van der Waals surface area (Å²) in [6.07, 6.45) is 1.59. The summed E-state index contributed by atoms with van der Waals surface area (Å²) in [7, 11) is 0. The zero-order valence-electron chi connectivity index (χ0n) is 14.8. The molecule has 0 aromatic heterocycles. The van der Waals surface area contributed by atoms with E-state index >= 15 is 0 Å². The van der Waals surface area contributed by atoms with Gasteiger partial charge in [-0.25, -0.2) is 0 Å². The van der Waals surface area contributed by atoms with Crippen molar-refractivity contribution in [1.29, 1.82) is 0 Å². The van der Waals surface area contributed by atoms with Crippen LogP contribution in [-0.2, 0) is 14.4 Å². The van der Waals surface area contributed by atoms with Crippen LogP contribution in [0.4, 0.5) is 0 Å². The van der Waals surface area contributed by atoms with Gasteiger partial charge in [0.05, 0.1) is 11.8 Å². The molecule has 0 radical (unpaired) electrons. The minimum Gasteiger partial charge on any atom is -0.480 e. The molecule has 2 aliphatic rings. The summed E-state index contributed by atoms with van der Waals surface area (Å²) in [5.41, 5.74) is 0.396. The summed E-state index contributed by atoms with van der Waals surface area (Å²) in [4.78, 5) is 39.1. The number of nitrogens with one attached hydrogen (secondary N) is 1. The van der Waals surface area contributed by atoms with E-state index in [9.17, 15) is 19.5 Å². The van der Waals surface area contributed by atoms with Gasteiger partial charge in [-0.15, -0.1) is 0 Å². The average Bonchev–Trinajstić information content (AvgIpc) is 3.02. The SMILES string of the molecule is CCCCN1C(=O)C2C(c3ccccc3C)NC(C)(C(=O)O)C2C1=O. The highest BCUT2D eigenvalue weighted by Gasteiger charge is 2.66. The molecule has 6 nitrogen and oxygen atoms in total. The maximum atomic E-state index is 13.0. The van der Waals surface area contributed by atoms with E-state index in [4.69, 9.17) is 0 Å². The summed E-state index contributed by atoms with van der Waals surface area (Å²) >= 11 is 0. The second-order valence-electron chi connectivity index (χ2n) is 7.17. The standard InChI is InChI=1S/C19H24N2O4/c1-4-5-10-21-16(22)13-14(17(21)23)19(3,18(24)25)20-15(13)12-9-7-6-8-11(12)2/h6-9,13-15,20H,4-5,10H2,1-3H3,(H,24,25). The third-order valence-electron chi connectivity index (χ3n) is 5.58. The summed E-state index contributed by atoms with van der Waals surface area (Å²) in [5, 5.41) is 12.9. The Balaban J connectivity index is 2.06. The van der Waals surface area contributed by atoms with Gasteiger partial charge in [0.15, 0.2) is 0 Å². The van der Waals surface area contributed by atoms with Crippen molar-refractivity contribution in [3.8, 4) is 0 Å². The van der Waals surface area contributed by atoms with Gasteiger partial charge in [0.1, 0.15) is 5.54 Å². The van der Waals surface area contributed by atoms with Crippen molar-refractivity contribution in [3.63, 3.8) is 0 Å². The second kappa shape index (κ2) is 6.26.